The van der Waals surface area contributed by atoms with Crippen LogP contribution in [0.4, 0.5) is 0 Å². The maximum Gasteiger partial charge on any atom is 0.337 e. The zero-order valence-corrected chi connectivity index (χ0v) is 8.90. The van der Waals surface area contributed by atoms with Gasteiger partial charge in [-0.15, -0.1) is 0 Å². The minimum absolute atomic E-state index is 0.0746. The zero-order chi connectivity index (χ0) is 11.7. The highest BCUT2D eigenvalue weighted by molar-refractivity contribution is 5.76. The molecule has 0 amide bonds. The lowest BCUT2D eigenvalue weighted by atomic mass is 9.95. The maximum absolute atomic E-state index is 10.6. The summed E-state index contributed by atoms with van der Waals surface area (Å²) in [5.41, 5.74) is 2.11. The number of carboxylic acid groups (broad SMARTS) is 1. The Balaban J connectivity index is 3.42. The number of phenolic OH excluding ortho intramolecular Hbond substituents is 1. The molecule has 0 spiro atoms. The van der Waals surface area contributed by atoms with Crippen LogP contribution in [0.25, 0.3) is 0 Å². The van der Waals surface area contributed by atoms with Gasteiger partial charge in [-0.3, -0.25) is 0 Å². The lowest BCUT2D eigenvalue weighted by molar-refractivity contribution is -0.147. The van der Waals surface area contributed by atoms with Gasteiger partial charge in [-0.2, -0.15) is 0 Å². The van der Waals surface area contributed by atoms with Crippen LogP contribution in [0, 0.1) is 20.8 Å². The topological polar surface area (TPSA) is 77.8 Å². The van der Waals surface area contributed by atoms with E-state index in [2.05, 4.69) is 0 Å². The molecule has 0 aromatic heterocycles. The molecule has 0 aliphatic heterocycles. The molecular weight excluding hydrogens is 196 g/mol. The summed E-state index contributed by atoms with van der Waals surface area (Å²) in [4.78, 5) is 10.6. The van der Waals surface area contributed by atoms with Crippen molar-refractivity contribution in [3.63, 3.8) is 0 Å². The van der Waals surface area contributed by atoms with Gasteiger partial charge in [-0.25, -0.2) is 4.79 Å². The standard InChI is InChI=1S/C11H14O4/c1-5-4-6(2)8(9(12)7(5)3)10(13)11(14)15/h4,10,12-13H,1-3H3,(H,14,15). The third kappa shape index (κ3) is 1.94. The number of rotatable bonds is 2. The molecular formula is C11H14O4. The minimum atomic E-state index is -1.68. The van der Waals surface area contributed by atoms with Crippen molar-refractivity contribution in [3.05, 3.63) is 28.3 Å². The molecule has 1 aromatic carbocycles. The summed E-state index contributed by atoms with van der Waals surface area (Å²) in [6.07, 6.45) is -1.68. The van der Waals surface area contributed by atoms with E-state index in [1.165, 1.54) is 0 Å². The van der Waals surface area contributed by atoms with E-state index < -0.39 is 12.1 Å². The molecule has 0 aliphatic rings. The SMILES string of the molecule is Cc1cc(C)c(C(O)C(=O)O)c(O)c1C. The summed E-state index contributed by atoms with van der Waals surface area (Å²) in [5, 5.41) is 27.9. The van der Waals surface area contributed by atoms with Crippen molar-refractivity contribution in [2.75, 3.05) is 0 Å². The Morgan fingerprint density at radius 3 is 2.27 bits per heavy atom. The van der Waals surface area contributed by atoms with Gasteiger partial charge >= 0.3 is 5.97 Å². The quantitative estimate of drug-likeness (QED) is 0.690. The molecule has 4 nitrogen and oxygen atoms in total. The number of aliphatic carboxylic acids is 1. The van der Waals surface area contributed by atoms with Crippen molar-refractivity contribution in [1.29, 1.82) is 0 Å². The number of hydrogen-bond acceptors (Lipinski definition) is 3. The Morgan fingerprint density at radius 2 is 1.80 bits per heavy atom. The minimum Gasteiger partial charge on any atom is -0.507 e. The summed E-state index contributed by atoms with van der Waals surface area (Å²) in [6, 6.07) is 1.75. The molecule has 15 heavy (non-hydrogen) atoms. The van der Waals surface area contributed by atoms with Crippen LogP contribution < -0.4 is 0 Å². The van der Waals surface area contributed by atoms with E-state index in [0.29, 0.717) is 11.1 Å². The normalized spacial score (nSPS) is 12.5. The molecule has 0 bridgehead atoms. The Bertz CT molecular complexity index is 410. The molecule has 4 heteroatoms. The predicted octanol–water partition coefficient (Wildman–Crippen LogP) is 1.44. The Hall–Kier alpha value is -1.55. The van der Waals surface area contributed by atoms with Crippen LogP contribution in [0.3, 0.4) is 0 Å². The van der Waals surface area contributed by atoms with Crippen molar-refractivity contribution in [1.82, 2.24) is 0 Å². The average Bonchev–Trinajstić information content (AvgIpc) is 2.14. The van der Waals surface area contributed by atoms with Gasteiger partial charge in [0.1, 0.15) is 5.75 Å². The van der Waals surface area contributed by atoms with Gasteiger partial charge in [0.15, 0.2) is 6.10 Å². The molecule has 0 fully saturated rings. The lowest BCUT2D eigenvalue weighted by Crippen LogP contribution is -2.12. The number of aliphatic hydroxyl groups is 1. The molecule has 0 aliphatic carbocycles. The van der Waals surface area contributed by atoms with Crippen LogP contribution >= 0.6 is 0 Å². The first-order valence-corrected chi connectivity index (χ1v) is 4.56. The van der Waals surface area contributed by atoms with Crippen LogP contribution in [0.2, 0.25) is 0 Å². The van der Waals surface area contributed by atoms with E-state index in [1.54, 1.807) is 19.9 Å². The van der Waals surface area contributed by atoms with Gasteiger partial charge in [0.2, 0.25) is 0 Å². The second-order valence-corrected chi connectivity index (χ2v) is 3.64. The fourth-order valence-corrected chi connectivity index (χ4v) is 1.55. The average molecular weight is 210 g/mol. The molecule has 82 valence electrons. The van der Waals surface area contributed by atoms with Gasteiger partial charge in [0.05, 0.1) is 0 Å². The molecule has 1 atom stereocenters. The molecule has 1 rings (SSSR count). The number of carboxylic acids is 1. The van der Waals surface area contributed by atoms with Crippen molar-refractivity contribution >= 4 is 5.97 Å². The molecule has 0 saturated carbocycles. The second-order valence-electron chi connectivity index (χ2n) is 3.64. The molecule has 1 unspecified atom stereocenters. The van der Waals surface area contributed by atoms with Crippen LogP contribution in [-0.4, -0.2) is 21.3 Å². The number of hydrogen-bond donors (Lipinski definition) is 3. The first-order chi connectivity index (χ1) is 6.86. The van der Waals surface area contributed by atoms with Crippen molar-refractivity contribution in [2.45, 2.75) is 26.9 Å². The van der Waals surface area contributed by atoms with Crippen LogP contribution in [0.5, 0.6) is 5.75 Å². The van der Waals surface area contributed by atoms with Crippen molar-refractivity contribution in [2.24, 2.45) is 0 Å². The Kier molecular flexibility index (Phi) is 3.00. The van der Waals surface area contributed by atoms with E-state index in [0.717, 1.165) is 5.56 Å². The van der Waals surface area contributed by atoms with Gasteiger partial charge in [0, 0.05) is 5.56 Å². The van der Waals surface area contributed by atoms with E-state index >= 15 is 0 Å². The molecule has 0 heterocycles. The van der Waals surface area contributed by atoms with Gasteiger partial charge in [-0.05, 0) is 37.5 Å². The lowest BCUT2D eigenvalue weighted by Gasteiger charge is -2.15. The number of phenols is 1. The van der Waals surface area contributed by atoms with Gasteiger partial charge in [-0.1, -0.05) is 6.07 Å². The third-order valence-electron chi connectivity index (χ3n) is 2.57. The smallest absolute Gasteiger partial charge is 0.337 e. The van der Waals surface area contributed by atoms with E-state index in [9.17, 15) is 15.0 Å². The Labute approximate surface area is 87.8 Å². The van der Waals surface area contributed by atoms with Crippen LogP contribution in [0.15, 0.2) is 6.07 Å². The highest BCUT2D eigenvalue weighted by atomic mass is 16.4. The maximum atomic E-state index is 10.6. The molecule has 3 N–H and O–H groups in total. The summed E-state index contributed by atoms with van der Waals surface area (Å²) in [7, 11) is 0. The third-order valence-corrected chi connectivity index (χ3v) is 2.57. The van der Waals surface area contributed by atoms with Crippen molar-refractivity contribution in [3.8, 4) is 5.75 Å². The fraction of sp³-hybridized carbons (Fsp3) is 0.364. The highest BCUT2D eigenvalue weighted by Gasteiger charge is 2.23. The molecule has 0 radical (unpaired) electrons. The number of aliphatic hydroxyl groups excluding tert-OH is 1. The molecule has 1 aromatic rings. The van der Waals surface area contributed by atoms with E-state index in [-0.39, 0.29) is 11.3 Å². The zero-order valence-electron chi connectivity index (χ0n) is 8.90. The Morgan fingerprint density at radius 1 is 1.27 bits per heavy atom. The summed E-state index contributed by atoms with van der Waals surface area (Å²) >= 11 is 0. The monoisotopic (exact) mass is 210 g/mol. The fourth-order valence-electron chi connectivity index (χ4n) is 1.55. The van der Waals surface area contributed by atoms with Crippen LogP contribution in [-0.2, 0) is 4.79 Å². The van der Waals surface area contributed by atoms with Crippen LogP contribution in [0.1, 0.15) is 28.4 Å². The highest BCUT2D eigenvalue weighted by Crippen LogP contribution is 2.33. The number of carbonyl (C=O) groups is 1. The first-order valence-electron chi connectivity index (χ1n) is 4.56. The number of benzene rings is 1. The summed E-state index contributed by atoms with van der Waals surface area (Å²) in [6.45, 7) is 5.16. The van der Waals surface area contributed by atoms with Gasteiger partial charge < -0.3 is 15.3 Å². The van der Waals surface area contributed by atoms with E-state index in [4.69, 9.17) is 5.11 Å². The summed E-state index contributed by atoms with van der Waals surface area (Å²) in [5.74, 6) is -1.50. The summed E-state index contributed by atoms with van der Waals surface area (Å²) < 4.78 is 0. The second kappa shape index (κ2) is 3.90. The number of aryl methyl sites for hydroxylation is 2. The van der Waals surface area contributed by atoms with E-state index in [1.807, 2.05) is 6.92 Å². The largest absolute Gasteiger partial charge is 0.507 e. The van der Waals surface area contributed by atoms with Gasteiger partial charge in [0.25, 0.3) is 0 Å². The molecule has 0 saturated heterocycles. The number of aromatic hydroxyl groups is 1. The first kappa shape index (κ1) is 11.5. The predicted molar refractivity (Wildman–Crippen MR) is 54.9 cm³/mol. The van der Waals surface area contributed by atoms with Crippen molar-refractivity contribution < 1.29 is 20.1 Å².